The third kappa shape index (κ3) is 5.92. The van der Waals surface area contributed by atoms with Gasteiger partial charge in [0.25, 0.3) is 0 Å². The molecular weight excluding hydrogens is 325 g/mol. The van der Waals surface area contributed by atoms with Gasteiger partial charge in [-0.25, -0.2) is 4.98 Å². The van der Waals surface area contributed by atoms with Crippen LogP contribution in [0.25, 0.3) is 0 Å². The lowest BCUT2D eigenvalue weighted by Crippen LogP contribution is -2.35. The molecule has 5 nitrogen and oxygen atoms in total. The van der Waals surface area contributed by atoms with Gasteiger partial charge in [-0.05, 0) is 26.3 Å². The van der Waals surface area contributed by atoms with E-state index >= 15 is 0 Å². The van der Waals surface area contributed by atoms with Crippen molar-refractivity contribution >= 4 is 0 Å². The highest BCUT2D eigenvalue weighted by molar-refractivity contribution is 5.20. The fourth-order valence-electron chi connectivity index (χ4n) is 2.50. The molecule has 2 atom stereocenters. The van der Waals surface area contributed by atoms with Crippen molar-refractivity contribution < 1.29 is 27.8 Å². The molecule has 136 valence electrons. The highest BCUT2D eigenvalue weighted by atomic mass is 19.4. The summed E-state index contributed by atoms with van der Waals surface area (Å²) in [7, 11) is 0. The summed E-state index contributed by atoms with van der Waals surface area (Å²) in [5.41, 5.74) is -0.795. The molecular formula is C16H23F3N2O3. The van der Waals surface area contributed by atoms with Gasteiger partial charge in [0, 0.05) is 31.9 Å². The van der Waals surface area contributed by atoms with E-state index in [-0.39, 0.29) is 24.7 Å². The Morgan fingerprint density at radius 3 is 2.71 bits per heavy atom. The number of pyridine rings is 1. The first-order valence-corrected chi connectivity index (χ1v) is 7.96. The van der Waals surface area contributed by atoms with Gasteiger partial charge in [0.2, 0.25) is 5.88 Å². The molecule has 0 spiro atoms. The fraction of sp³-hybridized carbons (Fsp3) is 0.688. The number of hydrogen-bond donors (Lipinski definition) is 1. The van der Waals surface area contributed by atoms with Crippen LogP contribution >= 0.6 is 0 Å². The molecule has 0 saturated carbocycles. The van der Waals surface area contributed by atoms with Gasteiger partial charge < -0.3 is 14.6 Å². The molecule has 1 aliphatic heterocycles. The number of aliphatic hydroxyl groups excluding tert-OH is 1. The summed E-state index contributed by atoms with van der Waals surface area (Å²) in [6, 6.07) is 2.19. The molecule has 0 aliphatic carbocycles. The molecule has 1 saturated heterocycles. The van der Waals surface area contributed by atoms with Gasteiger partial charge in [-0.3, -0.25) is 4.90 Å². The second-order valence-corrected chi connectivity index (χ2v) is 6.21. The lowest BCUT2D eigenvalue weighted by molar-refractivity contribution is -0.137. The summed E-state index contributed by atoms with van der Waals surface area (Å²) in [5, 5.41) is 9.91. The Hall–Kier alpha value is -1.38. The maximum absolute atomic E-state index is 12.5. The molecule has 1 aliphatic rings. The lowest BCUT2D eigenvalue weighted by atomic mass is 10.3. The van der Waals surface area contributed by atoms with Gasteiger partial charge in [-0.15, -0.1) is 0 Å². The summed E-state index contributed by atoms with van der Waals surface area (Å²) in [5.74, 6) is 0.179. The Balaban J connectivity index is 1.77. The Morgan fingerprint density at radius 1 is 1.38 bits per heavy atom. The normalized spacial score (nSPS) is 20.5. The molecule has 2 rings (SSSR count). The number of rotatable bonds is 7. The maximum Gasteiger partial charge on any atom is 0.417 e. The van der Waals surface area contributed by atoms with E-state index in [2.05, 4.69) is 4.98 Å². The highest BCUT2D eigenvalue weighted by Gasteiger charge is 2.31. The number of hydrogen-bond acceptors (Lipinski definition) is 5. The molecule has 24 heavy (non-hydrogen) atoms. The number of aliphatic hydroxyl groups is 1. The van der Waals surface area contributed by atoms with E-state index in [0.717, 1.165) is 25.2 Å². The van der Waals surface area contributed by atoms with Crippen LogP contribution in [0.2, 0.25) is 0 Å². The number of likely N-dealkylation sites (tertiary alicyclic amines) is 1. The molecule has 1 aromatic heterocycles. The minimum Gasteiger partial charge on any atom is -0.473 e. The van der Waals surface area contributed by atoms with E-state index in [0.29, 0.717) is 13.1 Å². The number of alkyl halides is 3. The van der Waals surface area contributed by atoms with Crippen molar-refractivity contribution in [3.05, 3.63) is 23.9 Å². The summed E-state index contributed by atoms with van der Waals surface area (Å²) in [6.07, 6.45) is -3.54. The van der Waals surface area contributed by atoms with Crippen molar-refractivity contribution in [2.24, 2.45) is 0 Å². The Kier molecular flexibility index (Phi) is 6.42. The number of β-amino-alcohol motifs (C(OH)–C–C–N with tert-alkyl or cyclic N) is 1. The van der Waals surface area contributed by atoms with Crippen LogP contribution < -0.4 is 4.74 Å². The zero-order valence-electron chi connectivity index (χ0n) is 13.8. The molecule has 0 amide bonds. The van der Waals surface area contributed by atoms with Crippen LogP contribution in [0.5, 0.6) is 5.88 Å². The molecule has 2 unspecified atom stereocenters. The van der Waals surface area contributed by atoms with E-state index in [9.17, 15) is 18.3 Å². The molecule has 0 bridgehead atoms. The van der Waals surface area contributed by atoms with Crippen molar-refractivity contribution in [1.82, 2.24) is 9.88 Å². The Labute approximate surface area is 139 Å². The molecule has 8 heteroatoms. The van der Waals surface area contributed by atoms with Crippen molar-refractivity contribution in [3.8, 4) is 5.88 Å². The first-order chi connectivity index (χ1) is 11.2. The second kappa shape index (κ2) is 8.13. The van der Waals surface area contributed by atoms with Gasteiger partial charge in [0.1, 0.15) is 6.10 Å². The zero-order chi connectivity index (χ0) is 17.7. The van der Waals surface area contributed by atoms with Crippen molar-refractivity contribution in [3.63, 3.8) is 0 Å². The van der Waals surface area contributed by atoms with Gasteiger partial charge in [-0.2, -0.15) is 13.2 Å². The van der Waals surface area contributed by atoms with E-state index < -0.39 is 17.8 Å². The first-order valence-electron chi connectivity index (χ1n) is 7.96. The standard InChI is InChI=1S/C16H23F3N2O3/c1-11(2)23-10-13(22)8-21-6-5-14(9-21)24-15-4-3-12(7-20-15)16(17,18)19/h3-4,7,11,13-14,22H,5-6,8-10H2,1-2H3. The van der Waals surface area contributed by atoms with Crippen LogP contribution in [0.15, 0.2) is 18.3 Å². The van der Waals surface area contributed by atoms with Crippen LogP contribution in [0.3, 0.4) is 0 Å². The summed E-state index contributed by atoms with van der Waals surface area (Å²) in [4.78, 5) is 5.76. The van der Waals surface area contributed by atoms with Gasteiger partial charge in [-0.1, -0.05) is 0 Å². The van der Waals surface area contributed by atoms with E-state index in [1.165, 1.54) is 6.07 Å². The molecule has 0 aromatic carbocycles. The van der Waals surface area contributed by atoms with Gasteiger partial charge in [0.05, 0.1) is 24.4 Å². The number of nitrogens with zero attached hydrogens (tertiary/aromatic N) is 2. The Bertz CT molecular complexity index is 508. The van der Waals surface area contributed by atoms with E-state index in [1.54, 1.807) is 0 Å². The third-order valence-corrected chi connectivity index (χ3v) is 3.67. The topological polar surface area (TPSA) is 54.8 Å². The van der Waals surface area contributed by atoms with E-state index in [1.807, 2.05) is 18.7 Å². The maximum atomic E-state index is 12.5. The predicted octanol–water partition coefficient (Wildman–Crippen LogP) is 2.34. The van der Waals surface area contributed by atoms with Gasteiger partial charge in [0.15, 0.2) is 0 Å². The molecule has 2 heterocycles. The fourth-order valence-corrected chi connectivity index (χ4v) is 2.50. The molecule has 1 N–H and O–H groups in total. The van der Waals surface area contributed by atoms with Crippen LogP contribution in [-0.2, 0) is 10.9 Å². The zero-order valence-corrected chi connectivity index (χ0v) is 13.8. The number of aromatic nitrogens is 1. The van der Waals surface area contributed by atoms with Crippen LogP contribution in [-0.4, -0.2) is 59.5 Å². The SMILES string of the molecule is CC(C)OCC(O)CN1CCC(Oc2ccc(C(F)(F)F)cn2)C1. The molecule has 1 fully saturated rings. The second-order valence-electron chi connectivity index (χ2n) is 6.21. The predicted molar refractivity (Wildman–Crippen MR) is 81.8 cm³/mol. The van der Waals surface area contributed by atoms with Crippen LogP contribution in [0.4, 0.5) is 13.2 Å². The summed E-state index contributed by atoms with van der Waals surface area (Å²) >= 11 is 0. The highest BCUT2D eigenvalue weighted by Crippen LogP contribution is 2.29. The number of halogens is 3. The van der Waals surface area contributed by atoms with Crippen molar-refractivity contribution in [2.45, 2.75) is 44.8 Å². The minimum absolute atomic E-state index is 0.0695. The van der Waals surface area contributed by atoms with Crippen LogP contribution in [0, 0.1) is 0 Å². The third-order valence-electron chi connectivity index (χ3n) is 3.67. The lowest BCUT2D eigenvalue weighted by Gasteiger charge is -2.21. The van der Waals surface area contributed by atoms with Crippen molar-refractivity contribution in [2.75, 3.05) is 26.2 Å². The summed E-state index contributed by atoms with van der Waals surface area (Å²) in [6.45, 7) is 5.92. The first kappa shape index (κ1) is 19.0. The van der Waals surface area contributed by atoms with Gasteiger partial charge >= 0.3 is 6.18 Å². The average Bonchev–Trinajstić information content (AvgIpc) is 2.92. The molecule has 0 radical (unpaired) electrons. The van der Waals surface area contributed by atoms with Crippen molar-refractivity contribution in [1.29, 1.82) is 0 Å². The smallest absolute Gasteiger partial charge is 0.417 e. The quantitative estimate of drug-likeness (QED) is 0.820. The Morgan fingerprint density at radius 2 is 2.12 bits per heavy atom. The largest absolute Gasteiger partial charge is 0.473 e. The minimum atomic E-state index is -4.40. The average molecular weight is 348 g/mol. The van der Waals surface area contributed by atoms with E-state index in [4.69, 9.17) is 9.47 Å². The summed E-state index contributed by atoms with van der Waals surface area (Å²) < 4.78 is 48.5. The monoisotopic (exact) mass is 348 g/mol. The molecule has 1 aromatic rings. The number of ether oxygens (including phenoxy) is 2. The van der Waals surface area contributed by atoms with Crippen LogP contribution in [0.1, 0.15) is 25.8 Å².